The third kappa shape index (κ3) is 2.55. The smallest absolute Gasteiger partial charge is 0.123 e. The summed E-state index contributed by atoms with van der Waals surface area (Å²) < 4.78 is 43.7. The molecule has 0 saturated heterocycles. The lowest BCUT2D eigenvalue weighted by Gasteiger charge is -2.37. The molecule has 0 N–H and O–H groups in total. The third-order valence-electron chi connectivity index (χ3n) is 4.21. The quantitative estimate of drug-likeness (QED) is 0.452. The Hall–Kier alpha value is -2.84. The van der Waals surface area contributed by atoms with Crippen molar-refractivity contribution in [3.05, 3.63) is 125 Å². The van der Waals surface area contributed by atoms with E-state index in [0.717, 1.165) is 0 Å². The fourth-order valence-electron chi connectivity index (χ4n) is 3.17. The first-order valence-corrected chi connectivity index (χ1v) is 8.14. The normalized spacial score (nSPS) is 16.1. The largest absolute Gasteiger partial charge is 0.319 e. The lowest BCUT2D eigenvalue weighted by Crippen LogP contribution is -2.37. The molecular weight excluding hydrogens is 328 g/mol. The van der Waals surface area contributed by atoms with Crippen molar-refractivity contribution in [1.29, 1.82) is 0 Å². The van der Waals surface area contributed by atoms with E-state index in [-0.39, 0.29) is 17.6 Å². The molecule has 2 nitrogen and oxygen atoms in total. The predicted molar refractivity (Wildman–Crippen MR) is 102 cm³/mol. The Morgan fingerprint density at radius 1 is 0.880 bits per heavy atom. The van der Waals surface area contributed by atoms with E-state index in [1.807, 2.05) is 36.4 Å². The van der Waals surface area contributed by atoms with Gasteiger partial charge in [-0.25, -0.2) is 4.98 Å². The van der Waals surface area contributed by atoms with Gasteiger partial charge in [-0.3, -0.25) is 0 Å². The molecule has 1 heterocycles. The number of hydrogen-bond donors (Lipinski definition) is 0. The molecule has 1 aromatic heterocycles. The molecule has 0 saturated carbocycles. The van der Waals surface area contributed by atoms with Crippen molar-refractivity contribution in [3.63, 3.8) is 0 Å². The molecule has 0 spiro atoms. The van der Waals surface area contributed by atoms with Gasteiger partial charge in [-0.05, 0) is 17.2 Å². The summed E-state index contributed by atoms with van der Waals surface area (Å²) in [5.41, 5.74) is 0.0404. The SMILES string of the molecule is [2H]c1c([2H])c([2H])c(C(c2ccccc2)(c2ccccc2Cl)n2ccnc2)c([2H])c1[2H]. The Labute approximate surface area is 159 Å². The van der Waals surface area contributed by atoms with E-state index in [9.17, 15) is 0 Å². The third-order valence-corrected chi connectivity index (χ3v) is 4.54. The average Bonchev–Trinajstić information content (AvgIpc) is 3.30. The van der Waals surface area contributed by atoms with Crippen LogP contribution in [-0.2, 0) is 5.54 Å². The lowest BCUT2D eigenvalue weighted by molar-refractivity contribution is 0.515. The second kappa shape index (κ2) is 6.58. The number of hydrogen-bond acceptors (Lipinski definition) is 1. The van der Waals surface area contributed by atoms with E-state index in [4.69, 9.17) is 18.5 Å². The van der Waals surface area contributed by atoms with E-state index in [1.165, 1.54) is 0 Å². The molecule has 0 amide bonds. The van der Waals surface area contributed by atoms with Gasteiger partial charge < -0.3 is 4.57 Å². The van der Waals surface area contributed by atoms with Crippen LogP contribution in [0.1, 0.15) is 23.5 Å². The summed E-state index contributed by atoms with van der Waals surface area (Å²) >= 11 is 6.65. The van der Waals surface area contributed by atoms with Crippen LogP contribution in [0.3, 0.4) is 0 Å². The van der Waals surface area contributed by atoms with Crippen molar-refractivity contribution < 1.29 is 6.85 Å². The van der Waals surface area contributed by atoms with Crippen molar-refractivity contribution in [1.82, 2.24) is 9.55 Å². The summed E-state index contributed by atoms with van der Waals surface area (Å²) in [5, 5.41) is 0.405. The van der Waals surface area contributed by atoms with Gasteiger partial charge in [0.25, 0.3) is 0 Å². The van der Waals surface area contributed by atoms with Gasteiger partial charge in [0, 0.05) is 23.0 Å². The predicted octanol–water partition coefficient (Wildman–Crippen LogP) is 5.38. The summed E-state index contributed by atoms with van der Waals surface area (Å²) in [6.07, 6.45) is 4.86. The number of rotatable bonds is 4. The molecule has 4 rings (SSSR count). The molecule has 0 radical (unpaired) electrons. The maximum Gasteiger partial charge on any atom is 0.123 e. The van der Waals surface area contributed by atoms with Crippen LogP contribution in [-0.4, -0.2) is 9.55 Å². The highest BCUT2D eigenvalue weighted by Gasteiger charge is 2.39. The number of benzene rings is 3. The second-order valence-electron chi connectivity index (χ2n) is 5.53. The number of nitrogens with zero attached hydrogens (tertiary/aromatic N) is 2. The monoisotopic (exact) mass is 349 g/mol. The molecule has 0 aliphatic rings. The molecule has 25 heavy (non-hydrogen) atoms. The maximum atomic E-state index is 8.71. The van der Waals surface area contributed by atoms with Gasteiger partial charge in [-0.15, -0.1) is 0 Å². The highest BCUT2D eigenvalue weighted by atomic mass is 35.5. The highest BCUT2D eigenvalue weighted by molar-refractivity contribution is 6.31. The van der Waals surface area contributed by atoms with Crippen LogP contribution in [0.5, 0.6) is 0 Å². The van der Waals surface area contributed by atoms with Crippen LogP contribution in [0.25, 0.3) is 0 Å². The minimum atomic E-state index is -1.33. The Balaban J connectivity index is 2.29. The van der Waals surface area contributed by atoms with Gasteiger partial charge in [0.2, 0.25) is 0 Å². The van der Waals surface area contributed by atoms with E-state index in [0.29, 0.717) is 16.1 Å². The summed E-state index contributed by atoms with van der Waals surface area (Å²) in [5.74, 6) is 0. The Bertz CT molecular complexity index is 1180. The summed E-state index contributed by atoms with van der Waals surface area (Å²) in [4.78, 5) is 4.18. The van der Waals surface area contributed by atoms with Gasteiger partial charge in [0.15, 0.2) is 0 Å². The summed E-state index contributed by atoms with van der Waals surface area (Å²) in [7, 11) is 0. The van der Waals surface area contributed by atoms with Crippen molar-refractivity contribution in [2.45, 2.75) is 5.54 Å². The van der Waals surface area contributed by atoms with Gasteiger partial charge in [0.05, 0.1) is 13.2 Å². The van der Waals surface area contributed by atoms with E-state index in [1.54, 1.807) is 41.5 Å². The van der Waals surface area contributed by atoms with Crippen molar-refractivity contribution >= 4 is 11.6 Å². The molecule has 0 bridgehead atoms. The zero-order valence-corrected chi connectivity index (χ0v) is 14.0. The highest BCUT2D eigenvalue weighted by Crippen LogP contribution is 2.43. The van der Waals surface area contributed by atoms with E-state index in [2.05, 4.69) is 4.98 Å². The van der Waals surface area contributed by atoms with Crippen LogP contribution in [0.4, 0.5) is 0 Å². The van der Waals surface area contributed by atoms with Gasteiger partial charge in [-0.2, -0.15) is 0 Å². The molecule has 0 aliphatic carbocycles. The molecule has 1 unspecified atom stereocenters. The van der Waals surface area contributed by atoms with Crippen LogP contribution < -0.4 is 0 Å². The number of halogens is 1. The average molecular weight is 350 g/mol. The van der Waals surface area contributed by atoms with Crippen molar-refractivity contribution in [2.24, 2.45) is 0 Å². The molecule has 3 aromatic carbocycles. The number of aromatic nitrogens is 2. The van der Waals surface area contributed by atoms with Crippen LogP contribution in [0.15, 0.2) is 104 Å². The van der Waals surface area contributed by atoms with Gasteiger partial charge >= 0.3 is 0 Å². The Morgan fingerprint density at radius 2 is 1.60 bits per heavy atom. The van der Waals surface area contributed by atoms with E-state index >= 15 is 0 Å². The zero-order valence-electron chi connectivity index (χ0n) is 18.2. The van der Waals surface area contributed by atoms with Gasteiger partial charge in [-0.1, -0.05) is 90.3 Å². The number of imidazole rings is 1. The lowest BCUT2D eigenvalue weighted by atomic mass is 9.76. The molecule has 3 heteroatoms. The second-order valence-corrected chi connectivity index (χ2v) is 5.93. The first kappa shape index (κ1) is 10.9. The van der Waals surface area contributed by atoms with Crippen LogP contribution in [0.2, 0.25) is 5.02 Å². The Morgan fingerprint density at radius 3 is 2.28 bits per heavy atom. The first-order chi connectivity index (χ1) is 14.4. The fraction of sp³-hybridized carbons (Fsp3) is 0.0455. The first-order valence-electron chi connectivity index (χ1n) is 10.3. The zero-order chi connectivity index (χ0) is 21.5. The van der Waals surface area contributed by atoms with Crippen molar-refractivity contribution in [3.8, 4) is 0 Å². The minimum absolute atomic E-state index is 0.103. The standard InChI is InChI=1S/C22H17ClN2/c23-21-14-8-7-13-20(21)22(25-16-15-24-17-25,18-9-3-1-4-10-18)19-11-5-2-6-12-19/h1-17H/i1D,3D,4D,9D,10D. The summed E-state index contributed by atoms with van der Waals surface area (Å²) in [6, 6.07) is 14.5. The van der Waals surface area contributed by atoms with Gasteiger partial charge in [0.1, 0.15) is 5.54 Å². The van der Waals surface area contributed by atoms with Crippen LogP contribution in [0, 0.1) is 0 Å². The Kier molecular flexibility index (Phi) is 2.87. The molecular formula is C22H17ClN2. The topological polar surface area (TPSA) is 17.8 Å². The molecule has 1 atom stereocenters. The van der Waals surface area contributed by atoms with E-state index < -0.39 is 23.7 Å². The maximum absolute atomic E-state index is 8.71. The molecule has 0 fully saturated rings. The van der Waals surface area contributed by atoms with Crippen LogP contribution >= 0.6 is 11.6 Å². The van der Waals surface area contributed by atoms with Crippen molar-refractivity contribution in [2.75, 3.05) is 0 Å². The molecule has 4 aromatic rings. The molecule has 122 valence electrons. The fourth-order valence-corrected chi connectivity index (χ4v) is 3.45. The minimum Gasteiger partial charge on any atom is -0.319 e. The summed E-state index contributed by atoms with van der Waals surface area (Å²) in [6.45, 7) is 0. The molecule has 0 aliphatic heterocycles.